The molecule has 0 radical (unpaired) electrons. The number of primary amides is 1. The molecule has 2 aliphatic rings. The Labute approximate surface area is 152 Å². The van der Waals surface area contributed by atoms with Crippen LogP contribution < -0.4 is 5.73 Å². The first-order chi connectivity index (χ1) is 12.6. The fraction of sp³-hybridized carbons (Fsp3) is 0.526. The van der Waals surface area contributed by atoms with Crippen LogP contribution in [-0.2, 0) is 11.8 Å². The minimum Gasteiger partial charge on any atom is -0.351 e. The SMILES string of the molecule is Cn1c(C2CCN(C(=O)[C@@H]3CCCN3C(N)=O)CC2)nc2ccccc21. The minimum atomic E-state index is -0.490. The molecule has 2 saturated heterocycles. The van der Waals surface area contributed by atoms with Crippen LogP contribution in [0.2, 0.25) is 0 Å². The monoisotopic (exact) mass is 355 g/mol. The number of hydrogen-bond acceptors (Lipinski definition) is 3. The molecule has 7 heteroatoms. The predicted octanol–water partition coefficient (Wildman–Crippen LogP) is 1.82. The molecule has 1 aromatic heterocycles. The van der Waals surface area contributed by atoms with Crippen molar-refractivity contribution in [2.24, 2.45) is 12.8 Å². The third kappa shape index (κ3) is 2.81. The first-order valence-electron chi connectivity index (χ1n) is 9.32. The molecular formula is C19H25N5O2. The van der Waals surface area contributed by atoms with Gasteiger partial charge in [-0.25, -0.2) is 9.78 Å². The van der Waals surface area contributed by atoms with Crippen LogP contribution in [0, 0.1) is 0 Å². The normalized spacial score (nSPS) is 21.5. The number of nitrogens with two attached hydrogens (primary N) is 1. The number of carbonyl (C=O) groups excluding carboxylic acids is 2. The second kappa shape index (κ2) is 6.63. The lowest BCUT2D eigenvalue weighted by Crippen LogP contribution is -2.51. The predicted molar refractivity (Wildman–Crippen MR) is 98.6 cm³/mol. The first kappa shape index (κ1) is 16.9. The Kier molecular flexibility index (Phi) is 4.30. The zero-order valence-electron chi connectivity index (χ0n) is 15.1. The van der Waals surface area contributed by atoms with Gasteiger partial charge in [0.25, 0.3) is 0 Å². The largest absolute Gasteiger partial charge is 0.351 e. The molecule has 3 amide bonds. The van der Waals surface area contributed by atoms with E-state index in [0.717, 1.165) is 36.1 Å². The summed E-state index contributed by atoms with van der Waals surface area (Å²) in [6, 6.07) is 7.29. The molecule has 26 heavy (non-hydrogen) atoms. The van der Waals surface area contributed by atoms with Gasteiger partial charge < -0.3 is 20.1 Å². The third-order valence-corrected chi connectivity index (χ3v) is 5.81. The third-order valence-electron chi connectivity index (χ3n) is 5.81. The lowest BCUT2D eigenvalue weighted by Gasteiger charge is -2.35. The number of aromatic nitrogens is 2. The van der Waals surface area contributed by atoms with Gasteiger partial charge in [-0.3, -0.25) is 4.79 Å². The number of likely N-dealkylation sites (tertiary alicyclic amines) is 2. The van der Waals surface area contributed by atoms with Gasteiger partial charge in [0.2, 0.25) is 5.91 Å². The first-order valence-corrected chi connectivity index (χ1v) is 9.32. The van der Waals surface area contributed by atoms with Gasteiger partial charge in [0.05, 0.1) is 11.0 Å². The van der Waals surface area contributed by atoms with Crippen LogP contribution in [0.1, 0.15) is 37.4 Å². The number of hydrogen-bond donors (Lipinski definition) is 1. The summed E-state index contributed by atoms with van der Waals surface area (Å²) < 4.78 is 2.17. The topological polar surface area (TPSA) is 84.5 Å². The van der Waals surface area contributed by atoms with Crippen molar-refractivity contribution in [3.8, 4) is 0 Å². The molecule has 0 aliphatic carbocycles. The zero-order valence-corrected chi connectivity index (χ0v) is 15.1. The Bertz CT molecular complexity index is 838. The van der Waals surface area contributed by atoms with Crippen molar-refractivity contribution in [1.82, 2.24) is 19.4 Å². The summed E-state index contributed by atoms with van der Waals surface area (Å²) in [5, 5.41) is 0. The van der Waals surface area contributed by atoms with E-state index in [2.05, 4.69) is 17.7 Å². The van der Waals surface area contributed by atoms with Gasteiger partial charge in [0.15, 0.2) is 0 Å². The number of rotatable bonds is 2. The van der Waals surface area contributed by atoms with Gasteiger partial charge in [-0.2, -0.15) is 0 Å². The highest BCUT2D eigenvalue weighted by Crippen LogP contribution is 2.30. The van der Waals surface area contributed by atoms with Crippen LogP contribution in [-0.4, -0.2) is 57.0 Å². The summed E-state index contributed by atoms with van der Waals surface area (Å²) in [5.74, 6) is 1.50. The van der Waals surface area contributed by atoms with Crippen LogP contribution in [0.4, 0.5) is 4.79 Å². The van der Waals surface area contributed by atoms with Crippen LogP contribution in [0.3, 0.4) is 0 Å². The summed E-state index contributed by atoms with van der Waals surface area (Å²) in [6.07, 6.45) is 3.35. The number of piperidine rings is 1. The maximum Gasteiger partial charge on any atom is 0.315 e. The van der Waals surface area contributed by atoms with E-state index in [0.29, 0.717) is 32.0 Å². The van der Waals surface area contributed by atoms with Crippen LogP contribution in [0.15, 0.2) is 24.3 Å². The van der Waals surface area contributed by atoms with Gasteiger partial charge >= 0.3 is 6.03 Å². The van der Waals surface area contributed by atoms with E-state index >= 15 is 0 Å². The van der Waals surface area contributed by atoms with E-state index < -0.39 is 6.03 Å². The maximum atomic E-state index is 12.8. The molecule has 4 rings (SSSR count). The van der Waals surface area contributed by atoms with Crippen molar-refractivity contribution in [2.75, 3.05) is 19.6 Å². The second-order valence-corrected chi connectivity index (χ2v) is 7.31. The summed E-state index contributed by atoms with van der Waals surface area (Å²) in [7, 11) is 2.06. The van der Waals surface area contributed by atoms with E-state index in [1.54, 1.807) is 0 Å². The molecule has 2 aliphatic heterocycles. The number of urea groups is 1. The summed E-state index contributed by atoms with van der Waals surface area (Å²) >= 11 is 0. The van der Waals surface area contributed by atoms with Gasteiger partial charge in [-0.05, 0) is 37.8 Å². The highest BCUT2D eigenvalue weighted by molar-refractivity contribution is 5.87. The smallest absolute Gasteiger partial charge is 0.315 e. The molecule has 138 valence electrons. The molecule has 0 saturated carbocycles. The lowest BCUT2D eigenvalue weighted by molar-refractivity contribution is -0.136. The minimum absolute atomic E-state index is 0.0461. The number of imidazole rings is 1. The molecule has 0 unspecified atom stereocenters. The van der Waals surface area contributed by atoms with Crippen molar-refractivity contribution in [3.63, 3.8) is 0 Å². The van der Waals surface area contributed by atoms with Gasteiger partial charge in [0, 0.05) is 32.6 Å². The molecule has 3 heterocycles. The van der Waals surface area contributed by atoms with Crippen LogP contribution >= 0.6 is 0 Å². The van der Waals surface area contributed by atoms with Crippen LogP contribution in [0.25, 0.3) is 11.0 Å². The Hall–Kier alpha value is -2.57. The average Bonchev–Trinajstić information content (AvgIpc) is 3.27. The number of nitrogens with zero attached hydrogens (tertiary/aromatic N) is 4. The van der Waals surface area contributed by atoms with E-state index in [1.807, 2.05) is 23.1 Å². The Balaban J connectivity index is 1.44. The highest BCUT2D eigenvalue weighted by atomic mass is 16.2. The van der Waals surface area contributed by atoms with Crippen molar-refractivity contribution < 1.29 is 9.59 Å². The lowest BCUT2D eigenvalue weighted by atomic mass is 9.95. The van der Waals surface area contributed by atoms with Crippen molar-refractivity contribution in [2.45, 2.75) is 37.6 Å². The quantitative estimate of drug-likeness (QED) is 0.892. The molecule has 1 aromatic carbocycles. The number of carbonyl (C=O) groups is 2. The number of aryl methyl sites for hydroxylation is 1. The molecule has 1 atom stereocenters. The molecule has 2 fully saturated rings. The highest BCUT2D eigenvalue weighted by Gasteiger charge is 2.37. The molecule has 0 bridgehead atoms. The van der Waals surface area contributed by atoms with Crippen molar-refractivity contribution >= 4 is 23.0 Å². The molecule has 0 spiro atoms. The summed E-state index contributed by atoms with van der Waals surface area (Å²) in [4.78, 5) is 32.6. The Morgan fingerprint density at radius 2 is 1.85 bits per heavy atom. The number of benzene rings is 1. The number of fused-ring (bicyclic) bond motifs is 1. The Morgan fingerprint density at radius 3 is 2.54 bits per heavy atom. The maximum absolute atomic E-state index is 12.8. The average molecular weight is 355 g/mol. The van der Waals surface area contributed by atoms with Gasteiger partial charge in [-0.15, -0.1) is 0 Å². The summed E-state index contributed by atoms with van der Waals surface area (Å²) in [6.45, 7) is 1.99. The van der Waals surface area contributed by atoms with Crippen molar-refractivity contribution in [3.05, 3.63) is 30.1 Å². The van der Waals surface area contributed by atoms with E-state index in [9.17, 15) is 9.59 Å². The van der Waals surface area contributed by atoms with Gasteiger partial charge in [0.1, 0.15) is 11.9 Å². The van der Waals surface area contributed by atoms with E-state index in [1.165, 1.54) is 4.90 Å². The van der Waals surface area contributed by atoms with E-state index in [4.69, 9.17) is 10.7 Å². The summed E-state index contributed by atoms with van der Waals surface area (Å²) in [5.41, 5.74) is 7.57. The van der Waals surface area contributed by atoms with E-state index in [-0.39, 0.29) is 11.9 Å². The van der Waals surface area contributed by atoms with Gasteiger partial charge in [-0.1, -0.05) is 12.1 Å². The van der Waals surface area contributed by atoms with Crippen molar-refractivity contribution in [1.29, 1.82) is 0 Å². The Morgan fingerprint density at radius 1 is 1.12 bits per heavy atom. The second-order valence-electron chi connectivity index (χ2n) is 7.31. The molecule has 2 aromatic rings. The zero-order chi connectivity index (χ0) is 18.3. The molecular weight excluding hydrogens is 330 g/mol. The van der Waals surface area contributed by atoms with Crippen LogP contribution in [0.5, 0.6) is 0 Å². The number of para-hydroxylation sites is 2. The standard InChI is InChI=1S/C19H25N5O2/c1-22-15-6-3-2-5-14(15)21-17(22)13-8-11-23(12-9-13)18(25)16-7-4-10-24(16)19(20)26/h2-3,5-6,13,16H,4,7-12H2,1H3,(H2,20,26)/t16-/m0/s1. The number of amides is 3. The fourth-order valence-corrected chi connectivity index (χ4v) is 4.39. The molecule has 2 N–H and O–H groups in total. The fourth-order valence-electron chi connectivity index (χ4n) is 4.39. The molecule has 7 nitrogen and oxygen atoms in total.